The van der Waals surface area contributed by atoms with Crippen molar-refractivity contribution in [2.75, 3.05) is 11.5 Å². The standard InChI is InChI=1S/C11H10N4O2S3/c16-20(17)4-2-8(6-20)10-14-15-9(7-1-3-18-5-7)12-13-11(15)19-10/h1,3,5,8H,2,4,6H2/t8-/m0/s1. The maximum absolute atomic E-state index is 11.6. The van der Waals surface area contributed by atoms with Crippen LogP contribution in [0.5, 0.6) is 0 Å². The molecule has 1 saturated heterocycles. The van der Waals surface area contributed by atoms with Crippen molar-refractivity contribution in [1.29, 1.82) is 0 Å². The number of nitrogens with zero attached hydrogens (tertiary/aromatic N) is 4. The summed E-state index contributed by atoms with van der Waals surface area (Å²) in [5.74, 6) is 1.17. The van der Waals surface area contributed by atoms with Crippen LogP contribution in [0.3, 0.4) is 0 Å². The molecule has 0 saturated carbocycles. The second-order valence-electron chi connectivity index (χ2n) is 4.77. The van der Waals surface area contributed by atoms with Crippen LogP contribution in [0, 0.1) is 0 Å². The summed E-state index contributed by atoms with van der Waals surface area (Å²) in [5.41, 5.74) is 0.985. The Morgan fingerprint density at radius 1 is 1.35 bits per heavy atom. The van der Waals surface area contributed by atoms with Crippen LogP contribution in [-0.2, 0) is 9.84 Å². The van der Waals surface area contributed by atoms with Crippen molar-refractivity contribution in [1.82, 2.24) is 19.8 Å². The van der Waals surface area contributed by atoms with Crippen LogP contribution in [0.1, 0.15) is 17.3 Å². The van der Waals surface area contributed by atoms with E-state index >= 15 is 0 Å². The van der Waals surface area contributed by atoms with Crippen LogP contribution >= 0.6 is 22.7 Å². The largest absolute Gasteiger partial charge is 0.234 e. The van der Waals surface area contributed by atoms with Crippen molar-refractivity contribution in [3.63, 3.8) is 0 Å². The van der Waals surface area contributed by atoms with Gasteiger partial charge in [-0.2, -0.15) is 21.0 Å². The van der Waals surface area contributed by atoms with E-state index in [0.29, 0.717) is 17.2 Å². The van der Waals surface area contributed by atoms with Gasteiger partial charge in [-0.3, -0.25) is 0 Å². The summed E-state index contributed by atoms with van der Waals surface area (Å²) in [5, 5.41) is 17.6. The van der Waals surface area contributed by atoms with Crippen LogP contribution < -0.4 is 0 Å². The number of sulfone groups is 1. The third kappa shape index (κ3) is 1.97. The molecule has 4 heterocycles. The first-order valence-electron chi connectivity index (χ1n) is 6.07. The fourth-order valence-corrected chi connectivity index (χ4v) is 5.82. The second kappa shape index (κ2) is 4.34. The third-order valence-electron chi connectivity index (χ3n) is 3.37. The van der Waals surface area contributed by atoms with Gasteiger partial charge in [0.15, 0.2) is 15.7 Å². The lowest BCUT2D eigenvalue weighted by Gasteiger charge is -2.00. The Kier molecular flexibility index (Phi) is 2.69. The van der Waals surface area contributed by atoms with Gasteiger partial charge in [-0.1, -0.05) is 11.3 Å². The Morgan fingerprint density at radius 2 is 2.25 bits per heavy atom. The van der Waals surface area contributed by atoms with Crippen LogP contribution in [0.25, 0.3) is 16.3 Å². The Bertz CT molecular complexity index is 863. The van der Waals surface area contributed by atoms with Gasteiger partial charge in [-0.15, -0.1) is 10.2 Å². The average Bonchev–Trinajstić information content (AvgIpc) is 3.08. The molecule has 3 aromatic rings. The summed E-state index contributed by atoms with van der Waals surface area (Å²) in [7, 11) is -2.89. The number of fused-ring (bicyclic) bond motifs is 1. The van der Waals surface area contributed by atoms with Crippen molar-refractivity contribution >= 4 is 37.5 Å². The van der Waals surface area contributed by atoms with E-state index in [-0.39, 0.29) is 17.4 Å². The molecular formula is C11H10N4O2S3. The molecule has 1 aliphatic rings. The van der Waals surface area contributed by atoms with Crippen molar-refractivity contribution in [3.8, 4) is 11.4 Å². The van der Waals surface area contributed by atoms with Gasteiger partial charge in [0.2, 0.25) is 4.96 Å². The van der Waals surface area contributed by atoms with Crippen LogP contribution in [0.2, 0.25) is 0 Å². The molecule has 1 atom stereocenters. The molecule has 4 rings (SSSR count). The monoisotopic (exact) mass is 326 g/mol. The highest BCUT2D eigenvalue weighted by Gasteiger charge is 2.32. The number of hydrogen-bond donors (Lipinski definition) is 0. The first-order valence-corrected chi connectivity index (χ1v) is 9.65. The highest BCUT2D eigenvalue weighted by atomic mass is 32.2. The summed E-state index contributed by atoms with van der Waals surface area (Å²) in [6.07, 6.45) is 0.653. The molecule has 20 heavy (non-hydrogen) atoms. The fourth-order valence-electron chi connectivity index (χ4n) is 2.36. The highest BCUT2D eigenvalue weighted by Crippen LogP contribution is 2.32. The van der Waals surface area contributed by atoms with Gasteiger partial charge in [-0.05, 0) is 17.9 Å². The second-order valence-corrected chi connectivity index (χ2v) is 8.77. The first kappa shape index (κ1) is 12.4. The Labute approximate surface area is 123 Å². The van der Waals surface area contributed by atoms with Gasteiger partial charge in [0.1, 0.15) is 5.01 Å². The lowest BCUT2D eigenvalue weighted by molar-refractivity contribution is 0.601. The minimum atomic E-state index is -2.89. The van der Waals surface area contributed by atoms with Gasteiger partial charge < -0.3 is 0 Å². The third-order valence-corrected chi connectivity index (χ3v) is 6.88. The summed E-state index contributed by atoms with van der Waals surface area (Å²) in [6, 6.07) is 1.97. The maximum atomic E-state index is 11.6. The van der Waals surface area contributed by atoms with Crippen LogP contribution in [0.15, 0.2) is 16.8 Å². The van der Waals surface area contributed by atoms with Crippen LogP contribution in [0.4, 0.5) is 0 Å². The van der Waals surface area contributed by atoms with Gasteiger partial charge in [0, 0.05) is 16.9 Å². The summed E-state index contributed by atoms with van der Waals surface area (Å²) >= 11 is 3.02. The zero-order chi connectivity index (χ0) is 13.7. The number of thiophene rings is 1. The molecule has 0 aromatic carbocycles. The number of aromatic nitrogens is 4. The predicted molar refractivity (Wildman–Crippen MR) is 78.0 cm³/mol. The van der Waals surface area contributed by atoms with E-state index < -0.39 is 9.84 Å². The summed E-state index contributed by atoms with van der Waals surface area (Å²) in [4.78, 5) is 0.713. The molecule has 0 radical (unpaired) electrons. The van der Waals surface area contributed by atoms with Gasteiger partial charge in [0.25, 0.3) is 0 Å². The Balaban J connectivity index is 1.77. The maximum Gasteiger partial charge on any atom is 0.234 e. The smallest absolute Gasteiger partial charge is 0.229 e. The molecule has 0 bridgehead atoms. The molecule has 1 aliphatic heterocycles. The van der Waals surface area contributed by atoms with E-state index in [0.717, 1.165) is 10.6 Å². The molecule has 6 nitrogen and oxygen atoms in total. The van der Waals surface area contributed by atoms with Crippen molar-refractivity contribution in [3.05, 3.63) is 21.8 Å². The van der Waals surface area contributed by atoms with E-state index in [1.165, 1.54) is 11.3 Å². The molecule has 104 valence electrons. The lowest BCUT2D eigenvalue weighted by atomic mass is 10.1. The molecule has 0 spiro atoms. The van der Waals surface area contributed by atoms with E-state index in [4.69, 9.17) is 0 Å². The van der Waals surface area contributed by atoms with E-state index in [1.54, 1.807) is 15.9 Å². The quantitative estimate of drug-likeness (QED) is 0.718. The molecule has 9 heteroatoms. The molecule has 0 unspecified atom stereocenters. The topological polar surface area (TPSA) is 77.2 Å². The van der Waals surface area contributed by atoms with E-state index in [9.17, 15) is 8.42 Å². The van der Waals surface area contributed by atoms with Crippen molar-refractivity contribution < 1.29 is 8.42 Å². The SMILES string of the molecule is O=S1(=O)CC[C@H](c2nn3c(-c4ccsc4)nnc3s2)C1. The Morgan fingerprint density at radius 3 is 2.95 bits per heavy atom. The number of rotatable bonds is 2. The lowest BCUT2D eigenvalue weighted by Crippen LogP contribution is -2.04. The van der Waals surface area contributed by atoms with Crippen molar-refractivity contribution in [2.24, 2.45) is 0 Å². The van der Waals surface area contributed by atoms with Gasteiger partial charge in [0.05, 0.1) is 11.5 Å². The first-order chi connectivity index (χ1) is 9.62. The van der Waals surface area contributed by atoms with Gasteiger partial charge >= 0.3 is 0 Å². The minimum Gasteiger partial charge on any atom is -0.229 e. The summed E-state index contributed by atoms with van der Waals surface area (Å²) < 4.78 is 24.8. The molecule has 0 N–H and O–H groups in total. The minimum absolute atomic E-state index is 0.00187. The van der Waals surface area contributed by atoms with E-state index in [1.807, 2.05) is 16.8 Å². The molecule has 1 fully saturated rings. The van der Waals surface area contributed by atoms with Crippen LogP contribution in [-0.4, -0.2) is 39.7 Å². The molecular weight excluding hydrogens is 316 g/mol. The zero-order valence-corrected chi connectivity index (χ0v) is 12.7. The fraction of sp³-hybridized carbons (Fsp3) is 0.364. The molecule has 0 aliphatic carbocycles. The zero-order valence-electron chi connectivity index (χ0n) is 10.3. The van der Waals surface area contributed by atoms with E-state index in [2.05, 4.69) is 15.3 Å². The molecule has 0 amide bonds. The molecule has 3 aromatic heterocycles. The number of hydrogen-bond acceptors (Lipinski definition) is 7. The predicted octanol–water partition coefficient (Wildman–Crippen LogP) is 1.82. The average molecular weight is 326 g/mol. The normalized spacial score (nSPS) is 21.7. The highest BCUT2D eigenvalue weighted by molar-refractivity contribution is 7.91. The summed E-state index contributed by atoms with van der Waals surface area (Å²) in [6.45, 7) is 0. The van der Waals surface area contributed by atoms with Crippen molar-refractivity contribution in [2.45, 2.75) is 12.3 Å². The Hall–Kier alpha value is -1.32. The van der Waals surface area contributed by atoms with Gasteiger partial charge in [-0.25, -0.2) is 8.42 Å².